The molecule has 220 valence electrons. The molecule has 0 bridgehead atoms. The van der Waals surface area contributed by atoms with E-state index in [9.17, 15) is 28.8 Å². The van der Waals surface area contributed by atoms with Crippen LogP contribution in [0.15, 0.2) is 20.8 Å². The topological polar surface area (TPSA) is 196 Å². The number of nitrogens with one attached hydrogen (secondary N) is 1. The molecule has 4 rings (SSSR count). The third kappa shape index (κ3) is 5.96. The molecular weight excluding hydrogens is 546 g/mol. The lowest BCUT2D eigenvalue weighted by molar-refractivity contribution is -0.167. The van der Waals surface area contributed by atoms with Crippen LogP contribution in [0.5, 0.6) is 0 Å². The average Bonchev–Trinajstić information content (AvgIpc) is 3.36. The third-order valence-corrected chi connectivity index (χ3v) is 5.90. The molecule has 16 nitrogen and oxygen atoms in total. The van der Waals surface area contributed by atoms with Gasteiger partial charge in [0, 0.05) is 26.5 Å². The van der Waals surface area contributed by atoms with Crippen LogP contribution >= 0.6 is 0 Å². The van der Waals surface area contributed by atoms with Crippen LogP contribution in [0.1, 0.15) is 54.2 Å². The fourth-order valence-electron chi connectivity index (χ4n) is 4.34. The maximum absolute atomic E-state index is 13.2. The summed E-state index contributed by atoms with van der Waals surface area (Å²) in [5.74, 6) is -2.02. The van der Waals surface area contributed by atoms with Gasteiger partial charge in [-0.1, -0.05) is 6.92 Å². The number of aliphatic imine (C=N–C) groups is 1. The minimum atomic E-state index is -1.28. The SMILES string of the molecule is CCC(=O)O[C@H]1[C@@H](OC(C)=O)[C@H](n2cc3c4c(nc(=O)c(=O)n3C(=O)OC(C)(C)C)NC=Nc42)O[C@@H]1COC(C)=O. The Morgan fingerprint density at radius 1 is 1.07 bits per heavy atom. The van der Waals surface area contributed by atoms with Crippen LogP contribution in [0.25, 0.3) is 10.9 Å². The van der Waals surface area contributed by atoms with Gasteiger partial charge in [0.05, 0.1) is 17.2 Å². The molecule has 0 aromatic carbocycles. The Hall–Kier alpha value is -4.60. The van der Waals surface area contributed by atoms with Crippen molar-refractivity contribution in [2.45, 2.75) is 78.1 Å². The monoisotopic (exact) mass is 575 g/mol. The molecule has 0 amide bonds. The molecule has 41 heavy (non-hydrogen) atoms. The number of hydrogen-bond acceptors (Lipinski definition) is 14. The molecule has 2 aromatic heterocycles. The number of aromatic nitrogens is 3. The maximum Gasteiger partial charge on any atom is 0.422 e. The molecule has 2 aliphatic heterocycles. The molecule has 4 heterocycles. The molecule has 2 aliphatic rings. The number of carbonyl (C=O) groups excluding carboxylic acids is 4. The Morgan fingerprint density at radius 2 is 1.78 bits per heavy atom. The molecule has 1 N–H and O–H groups in total. The molecule has 0 aliphatic carbocycles. The highest BCUT2D eigenvalue weighted by Gasteiger charge is 2.51. The minimum absolute atomic E-state index is 0.00587. The molecule has 2 aromatic rings. The van der Waals surface area contributed by atoms with Gasteiger partial charge in [0.15, 0.2) is 18.4 Å². The Bertz CT molecular complexity index is 1570. The summed E-state index contributed by atoms with van der Waals surface area (Å²) in [6.07, 6.45) is -3.52. The normalized spacial score (nSPS) is 21.2. The van der Waals surface area contributed by atoms with Crippen LogP contribution in [0, 0.1) is 0 Å². The molecular formula is C25H29N5O11. The van der Waals surface area contributed by atoms with Gasteiger partial charge < -0.3 is 33.6 Å². The zero-order valence-corrected chi connectivity index (χ0v) is 23.2. The number of ether oxygens (including phenoxy) is 5. The van der Waals surface area contributed by atoms with Crippen molar-refractivity contribution in [3.63, 3.8) is 0 Å². The van der Waals surface area contributed by atoms with Crippen molar-refractivity contribution in [1.29, 1.82) is 0 Å². The number of esters is 3. The molecule has 0 saturated carbocycles. The molecule has 4 atom stereocenters. The Balaban J connectivity index is 1.95. The first-order chi connectivity index (χ1) is 19.2. The van der Waals surface area contributed by atoms with Crippen molar-refractivity contribution in [2.24, 2.45) is 4.99 Å². The number of rotatable bonds is 6. The highest BCUT2D eigenvalue weighted by atomic mass is 16.7. The summed E-state index contributed by atoms with van der Waals surface area (Å²) < 4.78 is 29.5. The van der Waals surface area contributed by atoms with Gasteiger partial charge in [-0.15, -0.1) is 0 Å². The van der Waals surface area contributed by atoms with Crippen molar-refractivity contribution in [3.8, 4) is 0 Å². The van der Waals surface area contributed by atoms with Crippen molar-refractivity contribution in [2.75, 3.05) is 11.9 Å². The zero-order chi connectivity index (χ0) is 30.2. The second kappa shape index (κ2) is 11.1. The van der Waals surface area contributed by atoms with Gasteiger partial charge in [-0.2, -0.15) is 4.98 Å². The standard InChI is InChI=1S/C25H29N5O11/c1-7-15(33)40-17-14(9-37-11(2)31)39-23(18(17)38-12(3)32)29-8-13-16-19(26-10-27-20(16)29)28-21(34)22(35)30(13)24(36)41-25(4,5)6/h8,10,14,17-18,23H,7,9H2,1-6H3,(H,26,27,28,34)/t14-,17-,18-,23-/m1/s1. The van der Waals surface area contributed by atoms with E-state index in [1.807, 2.05) is 0 Å². The summed E-state index contributed by atoms with van der Waals surface area (Å²) in [7, 11) is 0. The van der Waals surface area contributed by atoms with Crippen LogP contribution < -0.4 is 16.4 Å². The van der Waals surface area contributed by atoms with E-state index in [2.05, 4.69) is 15.3 Å². The zero-order valence-electron chi connectivity index (χ0n) is 23.2. The first kappa shape index (κ1) is 29.4. The lowest BCUT2D eigenvalue weighted by Crippen LogP contribution is -2.41. The summed E-state index contributed by atoms with van der Waals surface area (Å²) in [6, 6.07) is 0. The van der Waals surface area contributed by atoms with Crippen LogP contribution in [0.2, 0.25) is 0 Å². The largest absolute Gasteiger partial charge is 0.463 e. The quantitative estimate of drug-likeness (QED) is 0.293. The van der Waals surface area contributed by atoms with Gasteiger partial charge in [0.1, 0.15) is 29.9 Å². The van der Waals surface area contributed by atoms with Crippen LogP contribution in [0.3, 0.4) is 0 Å². The van der Waals surface area contributed by atoms with E-state index in [4.69, 9.17) is 23.7 Å². The van der Waals surface area contributed by atoms with Crippen LogP contribution in [-0.2, 0) is 38.1 Å². The number of nitrogens with zero attached hydrogens (tertiary/aromatic N) is 4. The second-order valence-corrected chi connectivity index (χ2v) is 10.2. The van der Waals surface area contributed by atoms with Gasteiger partial charge >= 0.3 is 35.1 Å². The van der Waals surface area contributed by atoms with Gasteiger partial charge in [-0.25, -0.2) is 14.4 Å². The summed E-state index contributed by atoms with van der Waals surface area (Å²) in [4.78, 5) is 82.9. The molecule has 1 saturated heterocycles. The maximum atomic E-state index is 13.2. The van der Waals surface area contributed by atoms with Gasteiger partial charge in [-0.05, 0) is 20.8 Å². The Morgan fingerprint density at radius 3 is 2.39 bits per heavy atom. The van der Waals surface area contributed by atoms with E-state index in [1.54, 1.807) is 27.7 Å². The van der Waals surface area contributed by atoms with Crippen LogP contribution in [0.4, 0.5) is 16.4 Å². The molecule has 1 fully saturated rings. The van der Waals surface area contributed by atoms with Gasteiger partial charge in [0.2, 0.25) is 0 Å². The summed E-state index contributed by atoms with van der Waals surface area (Å²) in [6.45, 7) is 8.29. The van der Waals surface area contributed by atoms with E-state index in [0.717, 1.165) is 6.92 Å². The van der Waals surface area contributed by atoms with Crippen molar-refractivity contribution < 1.29 is 42.9 Å². The number of carbonyl (C=O) groups is 4. The number of hydrogen-bond donors (Lipinski definition) is 1. The second-order valence-electron chi connectivity index (χ2n) is 10.2. The Kier molecular flexibility index (Phi) is 7.96. The molecule has 16 heteroatoms. The smallest absolute Gasteiger partial charge is 0.422 e. The van der Waals surface area contributed by atoms with Crippen molar-refractivity contribution in [1.82, 2.24) is 14.1 Å². The van der Waals surface area contributed by atoms with Gasteiger partial charge in [-0.3, -0.25) is 24.0 Å². The molecule has 0 spiro atoms. The van der Waals surface area contributed by atoms with E-state index < -0.39 is 65.3 Å². The fraction of sp³-hybridized carbons (Fsp3) is 0.520. The lowest BCUT2D eigenvalue weighted by atomic mass is 10.1. The molecule has 0 radical (unpaired) electrons. The summed E-state index contributed by atoms with van der Waals surface area (Å²) >= 11 is 0. The lowest BCUT2D eigenvalue weighted by Gasteiger charge is -2.24. The van der Waals surface area contributed by atoms with E-state index >= 15 is 0 Å². The van der Waals surface area contributed by atoms with E-state index in [-0.39, 0.29) is 35.6 Å². The average molecular weight is 576 g/mol. The van der Waals surface area contributed by atoms with Crippen molar-refractivity contribution in [3.05, 3.63) is 26.9 Å². The highest BCUT2D eigenvalue weighted by molar-refractivity contribution is 6.06. The first-order valence-electron chi connectivity index (χ1n) is 12.6. The molecule has 0 unspecified atom stereocenters. The minimum Gasteiger partial charge on any atom is -0.463 e. The predicted octanol–water partition coefficient (Wildman–Crippen LogP) is 1.14. The number of anilines is 1. The third-order valence-electron chi connectivity index (χ3n) is 5.90. The van der Waals surface area contributed by atoms with Crippen molar-refractivity contribution >= 4 is 52.9 Å². The Labute approximate surface area is 232 Å². The van der Waals surface area contributed by atoms with Crippen LogP contribution in [-0.4, -0.2) is 75.0 Å². The fourth-order valence-corrected chi connectivity index (χ4v) is 4.34. The highest BCUT2D eigenvalue weighted by Crippen LogP contribution is 2.42. The van der Waals surface area contributed by atoms with E-state index in [0.29, 0.717) is 4.57 Å². The predicted molar refractivity (Wildman–Crippen MR) is 140 cm³/mol. The summed E-state index contributed by atoms with van der Waals surface area (Å²) in [5, 5.41) is 2.76. The van der Waals surface area contributed by atoms with E-state index in [1.165, 1.54) is 24.0 Å². The first-order valence-corrected chi connectivity index (χ1v) is 12.6. The summed E-state index contributed by atoms with van der Waals surface area (Å²) in [5.41, 5.74) is -3.66. The van der Waals surface area contributed by atoms with Gasteiger partial charge in [0.25, 0.3) is 0 Å².